The number of likely N-dealkylation sites (tertiary alicyclic amines) is 1. The predicted molar refractivity (Wildman–Crippen MR) is 135 cm³/mol. The van der Waals surface area contributed by atoms with Gasteiger partial charge in [-0.2, -0.15) is 5.26 Å². The van der Waals surface area contributed by atoms with E-state index < -0.39 is 0 Å². The first-order valence-corrected chi connectivity index (χ1v) is 11.7. The monoisotopic (exact) mass is 476 g/mol. The molecule has 1 amide bonds. The van der Waals surface area contributed by atoms with Gasteiger partial charge in [0.15, 0.2) is 6.19 Å². The van der Waals surface area contributed by atoms with E-state index in [1.807, 2.05) is 23.2 Å². The Hall–Kier alpha value is -4.06. The van der Waals surface area contributed by atoms with Crippen molar-refractivity contribution in [3.8, 4) is 17.7 Å². The number of nitrogens with zero attached hydrogens (tertiary/aromatic N) is 4. The molecular weight excluding hydrogens is 444 g/mol. The molecule has 1 aromatic carbocycles. The van der Waals surface area contributed by atoms with E-state index >= 15 is 0 Å². The summed E-state index contributed by atoms with van der Waals surface area (Å²) in [7, 11) is 3.13. The summed E-state index contributed by atoms with van der Waals surface area (Å²) in [4.78, 5) is 23.4. The molecule has 9 nitrogen and oxygen atoms in total. The van der Waals surface area contributed by atoms with Crippen molar-refractivity contribution in [2.75, 3.05) is 39.2 Å². The number of methoxy groups -OCH3 is 2. The molecule has 3 rings (SSSR count). The number of anilines is 1. The van der Waals surface area contributed by atoms with Crippen molar-refractivity contribution in [3.05, 3.63) is 60.4 Å². The number of hydrogen-bond donors (Lipinski definition) is 2. The number of nitriles is 1. The van der Waals surface area contributed by atoms with Crippen molar-refractivity contribution in [2.24, 2.45) is 10.9 Å². The SMILES string of the molecule is COc1cccc(OC)c1C(=O)N1CCC(CC/C=C/CN=C(NC#N)Nc2ccncc2)CC1. The Morgan fingerprint density at radius 2 is 1.86 bits per heavy atom. The maximum Gasteiger partial charge on any atom is 0.261 e. The molecule has 184 valence electrons. The van der Waals surface area contributed by atoms with Gasteiger partial charge in [-0.05, 0) is 55.9 Å². The van der Waals surface area contributed by atoms with Crippen LogP contribution in [0, 0.1) is 17.4 Å². The van der Waals surface area contributed by atoms with E-state index in [4.69, 9.17) is 14.7 Å². The topological polar surface area (TPSA) is 112 Å². The number of guanidine groups is 1. The molecule has 1 aliphatic rings. The van der Waals surface area contributed by atoms with Crippen LogP contribution in [0.25, 0.3) is 0 Å². The Labute approximate surface area is 206 Å². The molecule has 0 aliphatic carbocycles. The molecule has 0 saturated carbocycles. The fourth-order valence-electron chi connectivity index (χ4n) is 4.05. The van der Waals surface area contributed by atoms with E-state index in [0.29, 0.717) is 35.5 Å². The molecule has 1 saturated heterocycles. The molecule has 35 heavy (non-hydrogen) atoms. The molecule has 0 radical (unpaired) electrons. The number of aliphatic imine (C=N–C) groups is 1. The van der Waals surface area contributed by atoms with Crippen LogP contribution in [0.3, 0.4) is 0 Å². The summed E-state index contributed by atoms with van der Waals surface area (Å²) in [5.74, 6) is 2.00. The first-order valence-electron chi connectivity index (χ1n) is 11.7. The van der Waals surface area contributed by atoms with E-state index in [0.717, 1.165) is 44.5 Å². The third-order valence-corrected chi connectivity index (χ3v) is 5.92. The molecule has 0 spiro atoms. The smallest absolute Gasteiger partial charge is 0.261 e. The molecule has 2 heterocycles. The highest BCUT2D eigenvalue weighted by Crippen LogP contribution is 2.31. The Kier molecular flexibility index (Phi) is 9.93. The van der Waals surface area contributed by atoms with Gasteiger partial charge in [0, 0.05) is 31.2 Å². The number of benzene rings is 1. The Morgan fingerprint density at radius 3 is 2.49 bits per heavy atom. The molecule has 1 aliphatic heterocycles. The summed E-state index contributed by atoms with van der Waals surface area (Å²) in [6.45, 7) is 1.92. The van der Waals surface area contributed by atoms with Gasteiger partial charge >= 0.3 is 0 Å². The maximum absolute atomic E-state index is 13.1. The van der Waals surface area contributed by atoms with Gasteiger partial charge in [0.1, 0.15) is 17.1 Å². The number of aromatic nitrogens is 1. The van der Waals surface area contributed by atoms with Gasteiger partial charge in [-0.15, -0.1) is 0 Å². The highest BCUT2D eigenvalue weighted by molar-refractivity contribution is 5.99. The van der Waals surface area contributed by atoms with Crippen molar-refractivity contribution in [1.82, 2.24) is 15.2 Å². The first kappa shape index (κ1) is 25.6. The highest BCUT2D eigenvalue weighted by Gasteiger charge is 2.27. The molecule has 1 aromatic heterocycles. The minimum absolute atomic E-state index is 0.0438. The number of allylic oxidation sites excluding steroid dienone is 1. The zero-order chi connectivity index (χ0) is 24.9. The van der Waals surface area contributed by atoms with Crippen LogP contribution in [-0.2, 0) is 0 Å². The summed E-state index contributed by atoms with van der Waals surface area (Å²) < 4.78 is 10.8. The Bertz CT molecular complexity index is 1030. The summed E-state index contributed by atoms with van der Waals surface area (Å²) in [6.07, 6.45) is 13.3. The molecule has 2 aromatic rings. The quantitative estimate of drug-likeness (QED) is 0.186. The summed E-state index contributed by atoms with van der Waals surface area (Å²) in [6, 6.07) is 8.99. The number of pyridine rings is 1. The third-order valence-electron chi connectivity index (χ3n) is 5.92. The summed E-state index contributed by atoms with van der Waals surface area (Å²) in [5.41, 5.74) is 1.29. The van der Waals surface area contributed by atoms with Crippen LogP contribution in [0.4, 0.5) is 5.69 Å². The molecular formula is C26H32N6O3. The zero-order valence-corrected chi connectivity index (χ0v) is 20.2. The summed E-state index contributed by atoms with van der Waals surface area (Å²) in [5, 5.41) is 14.5. The lowest BCUT2D eigenvalue weighted by Gasteiger charge is -2.32. The standard InChI is InChI=1S/C26H32N6O3/c1-34-22-8-6-9-23(35-2)24(22)25(33)32-17-12-20(13-18-32)7-4-3-5-14-29-26(30-19-27)31-21-10-15-28-16-11-21/h3,5-6,8-11,15-16,20H,4,7,12-14,17-18H2,1-2H3,(H2,28,29,30,31)/b5-3+. The molecule has 9 heteroatoms. The van der Waals surface area contributed by atoms with Crippen LogP contribution in [-0.4, -0.2) is 55.6 Å². The number of carbonyl (C=O) groups is 1. The van der Waals surface area contributed by atoms with Crippen molar-refractivity contribution in [3.63, 3.8) is 0 Å². The Balaban J connectivity index is 1.43. The van der Waals surface area contributed by atoms with Crippen molar-refractivity contribution in [1.29, 1.82) is 5.26 Å². The van der Waals surface area contributed by atoms with Gasteiger partial charge in [0.25, 0.3) is 5.91 Å². The number of ether oxygens (including phenoxy) is 2. The van der Waals surface area contributed by atoms with Crippen LogP contribution in [0.15, 0.2) is 59.9 Å². The molecule has 0 unspecified atom stereocenters. The average molecular weight is 477 g/mol. The fraction of sp³-hybridized carbons (Fsp3) is 0.385. The highest BCUT2D eigenvalue weighted by atomic mass is 16.5. The van der Waals surface area contributed by atoms with E-state index in [1.165, 1.54) is 0 Å². The Morgan fingerprint density at radius 1 is 1.17 bits per heavy atom. The molecule has 1 fully saturated rings. The van der Waals surface area contributed by atoms with Gasteiger partial charge in [-0.3, -0.25) is 15.1 Å². The van der Waals surface area contributed by atoms with Crippen LogP contribution in [0.5, 0.6) is 11.5 Å². The van der Waals surface area contributed by atoms with E-state index in [9.17, 15) is 4.79 Å². The second kappa shape index (κ2) is 13.6. The maximum atomic E-state index is 13.1. The normalized spacial score (nSPS) is 14.4. The zero-order valence-electron chi connectivity index (χ0n) is 20.2. The minimum Gasteiger partial charge on any atom is -0.496 e. The van der Waals surface area contributed by atoms with Crippen LogP contribution in [0.1, 0.15) is 36.0 Å². The minimum atomic E-state index is -0.0438. The molecule has 0 bridgehead atoms. The summed E-state index contributed by atoms with van der Waals surface area (Å²) >= 11 is 0. The van der Waals surface area contributed by atoms with Gasteiger partial charge in [-0.25, -0.2) is 4.99 Å². The molecule has 0 atom stereocenters. The second-order valence-corrected chi connectivity index (χ2v) is 8.11. The van der Waals surface area contributed by atoms with Crippen LogP contribution < -0.4 is 20.1 Å². The van der Waals surface area contributed by atoms with E-state index in [-0.39, 0.29) is 5.91 Å². The van der Waals surface area contributed by atoms with Gasteiger partial charge < -0.3 is 19.7 Å². The van der Waals surface area contributed by atoms with Gasteiger partial charge in [0.05, 0.1) is 20.8 Å². The van der Waals surface area contributed by atoms with Crippen molar-refractivity contribution < 1.29 is 14.3 Å². The lowest BCUT2D eigenvalue weighted by Crippen LogP contribution is -2.38. The van der Waals surface area contributed by atoms with Crippen LogP contribution in [0.2, 0.25) is 0 Å². The number of hydrogen-bond acceptors (Lipinski definition) is 6. The second-order valence-electron chi connectivity index (χ2n) is 8.11. The number of piperidine rings is 1. The number of carbonyl (C=O) groups excluding carboxylic acids is 1. The first-order chi connectivity index (χ1) is 17.2. The van der Waals surface area contributed by atoms with Crippen molar-refractivity contribution in [2.45, 2.75) is 25.7 Å². The largest absolute Gasteiger partial charge is 0.496 e. The van der Waals surface area contributed by atoms with Gasteiger partial charge in [-0.1, -0.05) is 18.2 Å². The average Bonchev–Trinajstić information content (AvgIpc) is 2.90. The fourth-order valence-corrected chi connectivity index (χ4v) is 4.05. The lowest BCUT2D eigenvalue weighted by atomic mass is 9.91. The number of amides is 1. The molecule has 2 N–H and O–H groups in total. The van der Waals surface area contributed by atoms with Crippen LogP contribution >= 0.6 is 0 Å². The predicted octanol–water partition coefficient (Wildman–Crippen LogP) is 3.83. The van der Waals surface area contributed by atoms with Gasteiger partial charge in [0.2, 0.25) is 5.96 Å². The third kappa shape index (κ3) is 7.47. The van der Waals surface area contributed by atoms with E-state index in [2.05, 4.69) is 26.7 Å². The van der Waals surface area contributed by atoms with E-state index in [1.54, 1.807) is 50.9 Å². The lowest BCUT2D eigenvalue weighted by molar-refractivity contribution is 0.0680. The number of rotatable bonds is 9. The number of nitrogens with one attached hydrogen (secondary N) is 2. The van der Waals surface area contributed by atoms with Crippen molar-refractivity contribution >= 4 is 17.6 Å².